The molecule has 1 aliphatic rings. The molecular formula is C16H23NO3. The highest BCUT2D eigenvalue weighted by Crippen LogP contribution is 2.30. The highest BCUT2D eigenvalue weighted by molar-refractivity contribution is 5.75. The number of benzene rings is 1. The highest BCUT2D eigenvalue weighted by atomic mass is 16.4. The SMILES string of the molecule is Cc1ccc(C(C(=O)O)N2CCCCC2CCO)cc1. The number of carboxylic acids is 1. The van der Waals surface area contributed by atoms with Gasteiger partial charge in [0.2, 0.25) is 0 Å². The molecule has 0 bridgehead atoms. The number of aliphatic hydroxyl groups excluding tert-OH is 1. The lowest BCUT2D eigenvalue weighted by atomic mass is 9.94. The third-order valence-corrected chi connectivity index (χ3v) is 4.09. The molecule has 1 aromatic carbocycles. The molecule has 2 rings (SSSR count). The molecule has 0 saturated carbocycles. The van der Waals surface area contributed by atoms with Gasteiger partial charge in [0, 0.05) is 12.6 Å². The molecule has 1 fully saturated rings. The van der Waals surface area contributed by atoms with Crippen LogP contribution in [0.15, 0.2) is 24.3 Å². The highest BCUT2D eigenvalue weighted by Gasteiger charge is 2.33. The van der Waals surface area contributed by atoms with Crippen LogP contribution in [0.1, 0.15) is 42.9 Å². The summed E-state index contributed by atoms with van der Waals surface area (Å²) in [4.78, 5) is 13.8. The van der Waals surface area contributed by atoms with Gasteiger partial charge in [-0.25, -0.2) is 0 Å². The number of hydrogen-bond acceptors (Lipinski definition) is 3. The summed E-state index contributed by atoms with van der Waals surface area (Å²) in [5.74, 6) is -0.807. The molecule has 1 aliphatic heterocycles. The zero-order chi connectivity index (χ0) is 14.5. The Morgan fingerprint density at radius 1 is 1.35 bits per heavy atom. The molecule has 1 heterocycles. The van der Waals surface area contributed by atoms with Gasteiger partial charge in [-0.1, -0.05) is 36.2 Å². The molecule has 110 valence electrons. The predicted octanol–water partition coefficient (Wildman–Crippen LogP) is 2.36. The van der Waals surface area contributed by atoms with Crippen molar-refractivity contribution in [3.63, 3.8) is 0 Å². The molecule has 2 atom stereocenters. The molecule has 1 saturated heterocycles. The maximum absolute atomic E-state index is 11.7. The summed E-state index contributed by atoms with van der Waals surface area (Å²) in [5, 5.41) is 18.8. The van der Waals surface area contributed by atoms with E-state index in [2.05, 4.69) is 0 Å². The Morgan fingerprint density at radius 3 is 2.65 bits per heavy atom. The smallest absolute Gasteiger partial charge is 0.325 e. The minimum absolute atomic E-state index is 0.113. The van der Waals surface area contributed by atoms with Crippen molar-refractivity contribution in [1.82, 2.24) is 4.90 Å². The zero-order valence-corrected chi connectivity index (χ0v) is 12.0. The molecule has 1 aromatic rings. The Kier molecular flexibility index (Phi) is 5.15. The fraction of sp³-hybridized carbons (Fsp3) is 0.562. The van der Waals surface area contributed by atoms with Gasteiger partial charge in [0.25, 0.3) is 0 Å². The molecule has 2 N–H and O–H groups in total. The Morgan fingerprint density at radius 2 is 2.05 bits per heavy atom. The van der Waals surface area contributed by atoms with Gasteiger partial charge in [-0.2, -0.15) is 0 Å². The normalized spacial score (nSPS) is 21.6. The van der Waals surface area contributed by atoms with Crippen LogP contribution < -0.4 is 0 Å². The van der Waals surface area contributed by atoms with E-state index in [9.17, 15) is 15.0 Å². The van der Waals surface area contributed by atoms with Crippen molar-refractivity contribution in [2.45, 2.75) is 44.7 Å². The first-order chi connectivity index (χ1) is 9.63. The number of likely N-dealkylation sites (tertiary alicyclic amines) is 1. The first kappa shape index (κ1) is 15.0. The lowest BCUT2D eigenvalue weighted by Crippen LogP contribution is -2.45. The Hall–Kier alpha value is -1.39. The summed E-state index contributed by atoms with van der Waals surface area (Å²) in [5.41, 5.74) is 1.95. The maximum Gasteiger partial charge on any atom is 0.325 e. The average molecular weight is 277 g/mol. The van der Waals surface area contributed by atoms with Crippen molar-refractivity contribution >= 4 is 5.97 Å². The average Bonchev–Trinajstić information content (AvgIpc) is 2.43. The fourth-order valence-electron chi connectivity index (χ4n) is 3.05. The Labute approximate surface area is 120 Å². The molecule has 0 aromatic heterocycles. The number of aryl methyl sites for hydroxylation is 1. The van der Waals surface area contributed by atoms with Crippen LogP contribution in [-0.4, -0.2) is 40.3 Å². The molecule has 0 amide bonds. The van der Waals surface area contributed by atoms with Crippen molar-refractivity contribution in [2.24, 2.45) is 0 Å². The van der Waals surface area contributed by atoms with Crippen LogP contribution in [0.2, 0.25) is 0 Å². The quantitative estimate of drug-likeness (QED) is 0.867. The van der Waals surface area contributed by atoms with E-state index in [0.717, 1.165) is 36.9 Å². The topological polar surface area (TPSA) is 60.8 Å². The summed E-state index contributed by atoms with van der Waals surface area (Å²) >= 11 is 0. The fourth-order valence-corrected chi connectivity index (χ4v) is 3.05. The van der Waals surface area contributed by atoms with Gasteiger partial charge in [-0.15, -0.1) is 0 Å². The van der Waals surface area contributed by atoms with Gasteiger partial charge >= 0.3 is 5.97 Å². The minimum atomic E-state index is -0.807. The van der Waals surface area contributed by atoms with Gasteiger partial charge < -0.3 is 10.2 Å². The summed E-state index contributed by atoms with van der Waals surface area (Å²) in [7, 11) is 0. The molecule has 4 nitrogen and oxygen atoms in total. The molecular weight excluding hydrogens is 254 g/mol. The van der Waals surface area contributed by atoms with E-state index in [-0.39, 0.29) is 12.6 Å². The second kappa shape index (κ2) is 6.86. The molecule has 0 aliphatic carbocycles. The summed E-state index contributed by atoms with van der Waals surface area (Å²) in [6.45, 7) is 2.89. The van der Waals surface area contributed by atoms with Gasteiger partial charge in [-0.05, 0) is 38.3 Å². The van der Waals surface area contributed by atoms with Gasteiger partial charge in [-0.3, -0.25) is 9.69 Å². The van der Waals surface area contributed by atoms with Crippen molar-refractivity contribution in [2.75, 3.05) is 13.2 Å². The molecule has 4 heteroatoms. The van der Waals surface area contributed by atoms with E-state index in [1.54, 1.807) is 0 Å². The van der Waals surface area contributed by atoms with E-state index in [1.807, 2.05) is 36.1 Å². The number of aliphatic hydroxyl groups is 1. The van der Waals surface area contributed by atoms with Crippen LogP contribution in [0, 0.1) is 6.92 Å². The van der Waals surface area contributed by atoms with Gasteiger partial charge in [0.15, 0.2) is 0 Å². The van der Waals surface area contributed by atoms with Crippen molar-refractivity contribution in [3.05, 3.63) is 35.4 Å². The van der Waals surface area contributed by atoms with E-state index < -0.39 is 12.0 Å². The number of carbonyl (C=O) groups is 1. The number of rotatable bonds is 5. The van der Waals surface area contributed by atoms with Gasteiger partial charge in [0.05, 0.1) is 0 Å². The third kappa shape index (κ3) is 3.38. The van der Waals surface area contributed by atoms with Crippen LogP contribution in [0.3, 0.4) is 0 Å². The second-order valence-corrected chi connectivity index (χ2v) is 5.55. The monoisotopic (exact) mass is 277 g/mol. The lowest BCUT2D eigenvalue weighted by Gasteiger charge is -2.39. The lowest BCUT2D eigenvalue weighted by molar-refractivity contribution is -0.145. The number of carboxylic acid groups (broad SMARTS) is 1. The predicted molar refractivity (Wildman–Crippen MR) is 77.6 cm³/mol. The molecule has 20 heavy (non-hydrogen) atoms. The number of aliphatic carboxylic acids is 1. The van der Waals surface area contributed by atoms with E-state index in [0.29, 0.717) is 6.42 Å². The van der Waals surface area contributed by atoms with Crippen LogP contribution in [0.4, 0.5) is 0 Å². The summed E-state index contributed by atoms with van der Waals surface area (Å²) < 4.78 is 0. The molecule has 2 unspecified atom stereocenters. The number of piperidine rings is 1. The van der Waals surface area contributed by atoms with Crippen molar-refractivity contribution in [1.29, 1.82) is 0 Å². The standard InChI is InChI=1S/C16H23NO3/c1-12-5-7-13(8-6-12)15(16(19)20)17-10-3-2-4-14(17)9-11-18/h5-8,14-15,18H,2-4,9-11H2,1H3,(H,19,20). The molecule has 0 radical (unpaired) electrons. The largest absolute Gasteiger partial charge is 0.480 e. The van der Waals surface area contributed by atoms with Crippen molar-refractivity contribution < 1.29 is 15.0 Å². The molecule has 0 spiro atoms. The first-order valence-electron chi connectivity index (χ1n) is 7.29. The van der Waals surface area contributed by atoms with E-state index in [1.165, 1.54) is 0 Å². The van der Waals surface area contributed by atoms with Crippen molar-refractivity contribution in [3.8, 4) is 0 Å². The Balaban J connectivity index is 2.26. The Bertz CT molecular complexity index is 442. The zero-order valence-electron chi connectivity index (χ0n) is 12.0. The minimum Gasteiger partial charge on any atom is -0.480 e. The van der Waals surface area contributed by atoms with Crippen LogP contribution >= 0.6 is 0 Å². The second-order valence-electron chi connectivity index (χ2n) is 5.55. The van der Waals surface area contributed by atoms with Crippen LogP contribution in [-0.2, 0) is 4.79 Å². The van der Waals surface area contributed by atoms with E-state index >= 15 is 0 Å². The number of hydrogen-bond donors (Lipinski definition) is 2. The van der Waals surface area contributed by atoms with E-state index in [4.69, 9.17) is 0 Å². The summed E-state index contributed by atoms with van der Waals surface area (Å²) in [6, 6.07) is 7.27. The van der Waals surface area contributed by atoms with Gasteiger partial charge in [0.1, 0.15) is 6.04 Å². The van der Waals surface area contributed by atoms with Crippen LogP contribution in [0.25, 0.3) is 0 Å². The summed E-state index contributed by atoms with van der Waals surface area (Å²) in [6.07, 6.45) is 3.75. The number of nitrogens with zero attached hydrogens (tertiary/aromatic N) is 1. The van der Waals surface area contributed by atoms with Crippen LogP contribution in [0.5, 0.6) is 0 Å². The first-order valence-corrected chi connectivity index (χ1v) is 7.29. The third-order valence-electron chi connectivity index (χ3n) is 4.09. The maximum atomic E-state index is 11.7.